The Morgan fingerprint density at radius 2 is 2.29 bits per heavy atom. The molecule has 3 rings (SSSR count). The van der Waals surface area contributed by atoms with Crippen LogP contribution in [-0.4, -0.2) is 49.6 Å². The van der Waals surface area contributed by atoms with Crippen LogP contribution in [0.2, 0.25) is 0 Å². The topological polar surface area (TPSA) is 120 Å². The highest BCUT2D eigenvalue weighted by atomic mass is 16.6. The van der Waals surface area contributed by atoms with Gasteiger partial charge in [0.25, 0.3) is 11.6 Å². The van der Waals surface area contributed by atoms with Gasteiger partial charge >= 0.3 is 0 Å². The van der Waals surface area contributed by atoms with Gasteiger partial charge < -0.3 is 10.6 Å². The zero-order valence-corrected chi connectivity index (χ0v) is 13.2. The van der Waals surface area contributed by atoms with Crippen molar-refractivity contribution in [2.24, 2.45) is 11.7 Å². The molecule has 9 heteroatoms. The van der Waals surface area contributed by atoms with Crippen LogP contribution in [0.1, 0.15) is 23.7 Å². The Labute approximate surface area is 138 Å². The van der Waals surface area contributed by atoms with Crippen LogP contribution in [0.4, 0.5) is 5.69 Å². The summed E-state index contributed by atoms with van der Waals surface area (Å²) in [6.07, 6.45) is 3.52. The number of aromatic nitrogens is 3. The Bertz CT molecular complexity index is 761. The minimum Gasteiger partial charge on any atom is -0.336 e. The Hall–Kier alpha value is -2.81. The lowest BCUT2D eigenvalue weighted by atomic mass is 10.1. The summed E-state index contributed by atoms with van der Waals surface area (Å²) in [5.74, 6) is 0.0556. The van der Waals surface area contributed by atoms with Gasteiger partial charge in [-0.05, 0) is 37.9 Å². The summed E-state index contributed by atoms with van der Waals surface area (Å²) in [5.41, 5.74) is 6.06. The SMILES string of the molecule is CC1CC(CN)CN1C(=O)c1ccc(-n2cncn2)c([N+](=O)[O-])c1. The molecule has 2 N–H and O–H groups in total. The quantitative estimate of drug-likeness (QED) is 0.659. The molecular weight excluding hydrogens is 312 g/mol. The van der Waals surface area contributed by atoms with Gasteiger partial charge in [-0.2, -0.15) is 5.10 Å². The summed E-state index contributed by atoms with van der Waals surface area (Å²) in [6.45, 7) is 3.07. The maximum Gasteiger partial charge on any atom is 0.295 e. The molecule has 0 bridgehead atoms. The summed E-state index contributed by atoms with van der Waals surface area (Å²) in [6, 6.07) is 4.46. The second-order valence-electron chi connectivity index (χ2n) is 5.94. The fourth-order valence-electron chi connectivity index (χ4n) is 3.09. The van der Waals surface area contributed by atoms with Crippen molar-refractivity contribution in [3.05, 3.63) is 46.5 Å². The molecule has 2 aromatic rings. The molecule has 0 spiro atoms. The van der Waals surface area contributed by atoms with E-state index in [4.69, 9.17) is 5.73 Å². The van der Waals surface area contributed by atoms with E-state index < -0.39 is 4.92 Å². The molecule has 1 aromatic heterocycles. The number of nitrogens with two attached hydrogens (primary N) is 1. The lowest BCUT2D eigenvalue weighted by Gasteiger charge is -2.21. The summed E-state index contributed by atoms with van der Waals surface area (Å²) < 4.78 is 1.30. The van der Waals surface area contributed by atoms with E-state index in [0.717, 1.165) is 6.42 Å². The van der Waals surface area contributed by atoms with Crippen LogP contribution in [0, 0.1) is 16.0 Å². The number of nitro groups is 1. The molecule has 126 valence electrons. The van der Waals surface area contributed by atoms with Crippen LogP contribution < -0.4 is 5.73 Å². The summed E-state index contributed by atoms with van der Waals surface area (Å²) in [7, 11) is 0. The third kappa shape index (κ3) is 2.85. The Balaban J connectivity index is 1.93. The number of carbonyl (C=O) groups excluding carboxylic acids is 1. The first-order valence-corrected chi connectivity index (χ1v) is 7.65. The zero-order chi connectivity index (χ0) is 17.3. The summed E-state index contributed by atoms with van der Waals surface area (Å²) >= 11 is 0. The number of likely N-dealkylation sites (tertiary alicyclic amines) is 1. The van der Waals surface area contributed by atoms with Crippen molar-refractivity contribution in [1.82, 2.24) is 19.7 Å². The van der Waals surface area contributed by atoms with E-state index in [-0.39, 0.29) is 34.8 Å². The molecule has 0 saturated carbocycles. The largest absolute Gasteiger partial charge is 0.336 e. The molecule has 9 nitrogen and oxygen atoms in total. The van der Waals surface area contributed by atoms with Gasteiger partial charge in [0.1, 0.15) is 18.3 Å². The molecule has 1 fully saturated rings. The number of carbonyl (C=O) groups is 1. The fraction of sp³-hybridized carbons (Fsp3) is 0.400. The maximum atomic E-state index is 12.7. The predicted octanol–water partition coefficient (Wildman–Crippen LogP) is 0.985. The zero-order valence-electron chi connectivity index (χ0n) is 13.2. The minimum absolute atomic E-state index is 0.0695. The third-order valence-corrected chi connectivity index (χ3v) is 4.34. The summed E-state index contributed by atoms with van der Waals surface area (Å²) in [5, 5.41) is 15.3. The van der Waals surface area contributed by atoms with Crippen LogP contribution in [-0.2, 0) is 0 Å². The molecule has 1 aliphatic rings. The number of hydrogen-bond donors (Lipinski definition) is 1. The number of rotatable bonds is 4. The van der Waals surface area contributed by atoms with Crippen molar-refractivity contribution >= 4 is 11.6 Å². The van der Waals surface area contributed by atoms with E-state index in [1.165, 1.54) is 29.5 Å². The first-order chi connectivity index (χ1) is 11.5. The number of hydrogen-bond acceptors (Lipinski definition) is 6. The normalized spacial score (nSPS) is 20.3. The Morgan fingerprint density at radius 1 is 1.50 bits per heavy atom. The highest BCUT2D eigenvalue weighted by molar-refractivity contribution is 5.95. The van der Waals surface area contributed by atoms with Gasteiger partial charge in [0.15, 0.2) is 0 Å². The van der Waals surface area contributed by atoms with Crippen molar-refractivity contribution in [1.29, 1.82) is 0 Å². The van der Waals surface area contributed by atoms with E-state index in [0.29, 0.717) is 13.1 Å². The molecule has 2 unspecified atom stereocenters. The predicted molar refractivity (Wildman–Crippen MR) is 85.7 cm³/mol. The third-order valence-electron chi connectivity index (χ3n) is 4.34. The molecule has 0 radical (unpaired) electrons. The van der Waals surface area contributed by atoms with E-state index >= 15 is 0 Å². The Kier molecular flexibility index (Phi) is 4.26. The van der Waals surface area contributed by atoms with Gasteiger partial charge in [0.2, 0.25) is 0 Å². The lowest BCUT2D eigenvalue weighted by molar-refractivity contribution is -0.384. The van der Waals surface area contributed by atoms with Crippen LogP contribution in [0.25, 0.3) is 5.69 Å². The smallest absolute Gasteiger partial charge is 0.295 e. The molecule has 2 atom stereocenters. The van der Waals surface area contributed by atoms with Gasteiger partial charge in [-0.1, -0.05) is 0 Å². The van der Waals surface area contributed by atoms with Crippen molar-refractivity contribution < 1.29 is 9.72 Å². The molecule has 1 saturated heterocycles. The number of amides is 1. The molecule has 2 heterocycles. The Morgan fingerprint density at radius 3 is 2.88 bits per heavy atom. The molecule has 0 aliphatic carbocycles. The average molecular weight is 330 g/mol. The van der Waals surface area contributed by atoms with E-state index in [1.807, 2.05) is 6.92 Å². The van der Waals surface area contributed by atoms with Gasteiger partial charge in [0, 0.05) is 24.2 Å². The first kappa shape index (κ1) is 16.1. The second-order valence-corrected chi connectivity index (χ2v) is 5.94. The average Bonchev–Trinajstić information content (AvgIpc) is 3.23. The number of benzene rings is 1. The fourth-order valence-corrected chi connectivity index (χ4v) is 3.09. The minimum atomic E-state index is -0.524. The van der Waals surface area contributed by atoms with Gasteiger partial charge in [-0.25, -0.2) is 9.67 Å². The lowest BCUT2D eigenvalue weighted by Crippen LogP contribution is -2.34. The van der Waals surface area contributed by atoms with Crippen LogP contribution in [0.3, 0.4) is 0 Å². The standard InChI is InChI=1S/C15H18N6O3/c1-10-4-11(6-16)7-19(10)15(22)12-2-3-13(14(5-12)21(23)24)20-9-17-8-18-20/h2-3,5,8-11H,4,6-7,16H2,1H3. The molecule has 1 amide bonds. The second kappa shape index (κ2) is 6.36. The van der Waals surface area contributed by atoms with Crippen LogP contribution in [0.15, 0.2) is 30.9 Å². The van der Waals surface area contributed by atoms with Crippen molar-refractivity contribution in [2.75, 3.05) is 13.1 Å². The van der Waals surface area contributed by atoms with E-state index in [9.17, 15) is 14.9 Å². The van der Waals surface area contributed by atoms with Crippen LogP contribution >= 0.6 is 0 Å². The molecule has 1 aliphatic heterocycles. The van der Waals surface area contributed by atoms with Crippen molar-refractivity contribution in [3.63, 3.8) is 0 Å². The molecular formula is C15H18N6O3. The van der Waals surface area contributed by atoms with Gasteiger partial charge in [0.05, 0.1) is 4.92 Å². The van der Waals surface area contributed by atoms with Crippen molar-refractivity contribution in [2.45, 2.75) is 19.4 Å². The number of nitrogens with zero attached hydrogens (tertiary/aromatic N) is 5. The maximum absolute atomic E-state index is 12.7. The first-order valence-electron chi connectivity index (χ1n) is 7.65. The van der Waals surface area contributed by atoms with Gasteiger partial charge in [-0.15, -0.1) is 0 Å². The molecule has 24 heavy (non-hydrogen) atoms. The highest BCUT2D eigenvalue weighted by Crippen LogP contribution is 2.28. The van der Waals surface area contributed by atoms with Crippen LogP contribution in [0.5, 0.6) is 0 Å². The monoisotopic (exact) mass is 330 g/mol. The van der Waals surface area contributed by atoms with Gasteiger partial charge in [-0.3, -0.25) is 14.9 Å². The number of nitro benzene ring substituents is 1. The van der Waals surface area contributed by atoms with E-state index in [2.05, 4.69) is 10.1 Å². The van der Waals surface area contributed by atoms with Crippen molar-refractivity contribution in [3.8, 4) is 5.69 Å². The highest BCUT2D eigenvalue weighted by Gasteiger charge is 2.33. The summed E-state index contributed by atoms with van der Waals surface area (Å²) in [4.78, 5) is 29.1. The molecule has 1 aromatic carbocycles. The van der Waals surface area contributed by atoms with E-state index in [1.54, 1.807) is 11.0 Å².